The van der Waals surface area contributed by atoms with Gasteiger partial charge in [-0.1, -0.05) is 25.1 Å². The maximum atomic E-state index is 12.5. The van der Waals surface area contributed by atoms with Crippen LogP contribution < -0.4 is 5.32 Å². The highest BCUT2D eigenvalue weighted by molar-refractivity contribution is 5.24. The molecule has 0 amide bonds. The Labute approximate surface area is 101 Å². The molecule has 0 radical (unpaired) electrons. The van der Waals surface area contributed by atoms with Crippen molar-refractivity contribution in [2.24, 2.45) is 0 Å². The van der Waals surface area contributed by atoms with E-state index in [4.69, 9.17) is 4.74 Å². The molecule has 0 heterocycles. The number of halogens is 2. The van der Waals surface area contributed by atoms with E-state index < -0.39 is 6.43 Å². The average molecular weight is 243 g/mol. The van der Waals surface area contributed by atoms with Gasteiger partial charge in [-0.2, -0.15) is 0 Å². The van der Waals surface area contributed by atoms with Gasteiger partial charge in [-0.05, 0) is 18.1 Å². The molecule has 96 valence electrons. The van der Waals surface area contributed by atoms with Gasteiger partial charge in [0.05, 0.1) is 6.61 Å². The molecule has 0 aliphatic heterocycles. The number of hydrogen-bond acceptors (Lipinski definition) is 2. The molecule has 0 aromatic heterocycles. The number of hydrogen-bond donors (Lipinski definition) is 1. The normalized spacial score (nSPS) is 13.0. The van der Waals surface area contributed by atoms with Gasteiger partial charge in [0.25, 0.3) is 6.43 Å². The Bertz CT molecular complexity index is 331. The molecule has 1 aromatic rings. The van der Waals surface area contributed by atoms with Crippen LogP contribution in [0.2, 0.25) is 0 Å². The Balaban J connectivity index is 2.53. The van der Waals surface area contributed by atoms with Gasteiger partial charge in [0.15, 0.2) is 0 Å². The van der Waals surface area contributed by atoms with Gasteiger partial charge in [0.1, 0.15) is 0 Å². The molecule has 0 fully saturated rings. The number of rotatable bonds is 7. The fourth-order valence-corrected chi connectivity index (χ4v) is 1.62. The smallest absolute Gasteiger partial charge is 0.263 e. The molecule has 0 aliphatic rings. The first-order valence-corrected chi connectivity index (χ1v) is 5.76. The molecule has 1 atom stereocenters. The zero-order valence-corrected chi connectivity index (χ0v) is 10.2. The van der Waals surface area contributed by atoms with E-state index in [1.807, 2.05) is 6.07 Å². The lowest BCUT2D eigenvalue weighted by Gasteiger charge is -2.16. The second-order valence-corrected chi connectivity index (χ2v) is 3.99. The van der Waals surface area contributed by atoms with Crippen LogP contribution >= 0.6 is 0 Å². The quantitative estimate of drug-likeness (QED) is 0.794. The Kier molecular flexibility index (Phi) is 6.08. The van der Waals surface area contributed by atoms with E-state index in [0.717, 1.165) is 12.0 Å². The summed E-state index contributed by atoms with van der Waals surface area (Å²) in [6.45, 7) is 3.28. The van der Waals surface area contributed by atoms with Crippen molar-refractivity contribution in [1.29, 1.82) is 0 Å². The van der Waals surface area contributed by atoms with Gasteiger partial charge in [-0.3, -0.25) is 0 Å². The lowest BCUT2D eigenvalue weighted by atomic mass is 10.1. The molecule has 0 aliphatic carbocycles. The molecular formula is C13H19F2NO. The van der Waals surface area contributed by atoms with Gasteiger partial charge in [-0.15, -0.1) is 0 Å². The van der Waals surface area contributed by atoms with Crippen LogP contribution in [-0.4, -0.2) is 19.8 Å². The number of methoxy groups -OCH3 is 1. The minimum atomic E-state index is -2.41. The van der Waals surface area contributed by atoms with Crippen molar-refractivity contribution < 1.29 is 13.5 Å². The predicted molar refractivity (Wildman–Crippen MR) is 64.2 cm³/mol. The van der Waals surface area contributed by atoms with Crippen molar-refractivity contribution in [2.45, 2.75) is 32.4 Å². The summed E-state index contributed by atoms with van der Waals surface area (Å²) in [6.07, 6.45) is -1.46. The first kappa shape index (κ1) is 14.1. The van der Waals surface area contributed by atoms with Gasteiger partial charge in [0, 0.05) is 25.3 Å². The highest BCUT2D eigenvalue weighted by Gasteiger charge is 2.08. The van der Waals surface area contributed by atoms with Crippen LogP contribution in [0.5, 0.6) is 0 Å². The number of alkyl halides is 2. The zero-order chi connectivity index (χ0) is 12.7. The Morgan fingerprint density at radius 3 is 2.71 bits per heavy atom. The fourth-order valence-electron chi connectivity index (χ4n) is 1.62. The fraction of sp³-hybridized carbons (Fsp3) is 0.538. The third-order valence-corrected chi connectivity index (χ3v) is 2.66. The van der Waals surface area contributed by atoms with Crippen LogP contribution in [-0.2, 0) is 11.3 Å². The molecule has 0 saturated heterocycles. The molecule has 17 heavy (non-hydrogen) atoms. The molecule has 4 heteroatoms. The van der Waals surface area contributed by atoms with Crippen LogP contribution in [0.3, 0.4) is 0 Å². The van der Waals surface area contributed by atoms with E-state index in [2.05, 4.69) is 12.2 Å². The summed E-state index contributed by atoms with van der Waals surface area (Å²) >= 11 is 0. The largest absolute Gasteiger partial charge is 0.383 e. The maximum Gasteiger partial charge on any atom is 0.263 e. The van der Waals surface area contributed by atoms with Gasteiger partial charge < -0.3 is 10.1 Å². The summed E-state index contributed by atoms with van der Waals surface area (Å²) in [6, 6.07) is 6.75. The highest BCUT2D eigenvalue weighted by Crippen LogP contribution is 2.19. The third kappa shape index (κ3) is 4.79. The summed E-state index contributed by atoms with van der Waals surface area (Å²) in [5, 5.41) is 3.28. The second kappa shape index (κ2) is 7.35. The van der Waals surface area contributed by atoms with Crippen LogP contribution in [0.15, 0.2) is 24.3 Å². The van der Waals surface area contributed by atoms with Crippen LogP contribution in [0.25, 0.3) is 0 Å². The molecule has 1 aromatic carbocycles. The minimum absolute atomic E-state index is 0.0732. The standard InChI is InChI=1S/C13H19F2NO/c1-3-12(9-17-2)16-8-10-5-4-6-11(7-10)13(14)15/h4-7,12-13,16H,3,8-9H2,1-2H3. The topological polar surface area (TPSA) is 21.3 Å². The molecule has 1 N–H and O–H groups in total. The molecule has 0 spiro atoms. The Hall–Kier alpha value is -1.00. The van der Waals surface area contributed by atoms with Crippen molar-refractivity contribution >= 4 is 0 Å². The van der Waals surface area contributed by atoms with E-state index in [1.54, 1.807) is 13.2 Å². The molecule has 1 unspecified atom stereocenters. The van der Waals surface area contributed by atoms with Crippen molar-refractivity contribution in [3.05, 3.63) is 35.4 Å². The SMILES string of the molecule is CCC(COC)NCc1cccc(C(F)F)c1. The first-order valence-electron chi connectivity index (χ1n) is 5.76. The number of ether oxygens (including phenoxy) is 1. The predicted octanol–water partition coefficient (Wildman–Crippen LogP) is 3.14. The summed E-state index contributed by atoms with van der Waals surface area (Å²) in [5.41, 5.74) is 0.946. The lowest BCUT2D eigenvalue weighted by molar-refractivity contribution is 0.151. The van der Waals surface area contributed by atoms with E-state index >= 15 is 0 Å². The second-order valence-electron chi connectivity index (χ2n) is 3.99. The van der Waals surface area contributed by atoms with Crippen molar-refractivity contribution in [3.63, 3.8) is 0 Å². The van der Waals surface area contributed by atoms with Crippen LogP contribution in [0, 0.1) is 0 Å². The van der Waals surface area contributed by atoms with Gasteiger partial charge in [-0.25, -0.2) is 8.78 Å². The number of benzene rings is 1. The van der Waals surface area contributed by atoms with Crippen LogP contribution in [0.1, 0.15) is 30.9 Å². The molecule has 2 nitrogen and oxygen atoms in total. The summed E-state index contributed by atoms with van der Waals surface area (Å²) in [4.78, 5) is 0. The molecule has 0 bridgehead atoms. The monoisotopic (exact) mass is 243 g/mol. The van der Waals surface area contributed by atoms with Crippen LogP contribution in [0.4, 0.5) is 8.78 Å². The minimum Gasteiger partial charge on any atom is -0.383 e. The molecule has 1 rings (SSSR count). The summed E-state index contributed by atoms with van der Waals surface area (Å²) in [5.74, 6) is 0. The zero-order valence-electron chi connectivity index (χ0n) is 10.2. The summed E-state index contributed by atoms with van der Waals surface area (Å²) in [7, 11) is 1.65. The number of nitrogens with one attached hydrogen (secondary N) is 1. The first-order chi connectivity index (χ1) is 8.17. The Morgan fingerprint density at radius 2 is 2.12 bits per heavy atom. The van der Waals surface area contributed by atoms with Crippen molar-refractivity contribution in [1.82, 2.24) is 5.32 Å². The maximum absolute atomic E-state index is 12.5. The van der Waals surface area contributed by atoms with Gasteiger partial charge in [0.2, 0.25) is 0 Å². The summed E-state index contributed by atoms with van der Waals surface area (Å²) < 4.78 is 30.0. The van der Waals surface area contributed by atoms with Crippen molar-refractivity contribution in [3.8, 4) is 0 Å². The molecule has 0 saturated carbocycles. The van der Waals surface area contributed by atoms with E-state index in [1.165, 1.54) is 12.1 Å². The van der Waals surface area contributed by atoms with E-state index in [9.17, 15) is 8.78 Å². The van der Waals surface area contributed by atoms with E-state index in [0.29, 0.717) is 13.2 Å². The van der Waals surface area contributed by atoms with Gasteiger partial charge >= 0.3 is 0 Å². The highest BCUT2D eigenvalue weighted by atomic mass is 19.3. The molecular weight excluding hydrogens is 224 g/mol. The van der Waals surface area contributed by atoms with Crippen molar-refractivity contribution in [2.75, 3.05) is 13.7 Å². The average Bonchev–Trinajstić information content (AvgIpc) is 2.34. The Morgan fingerprint density at radius 1 is 1.35 bits per heavy atom. The lowest BCUT2D eigenvalue weighted by Crippen LogP contribution is -2.32. The third-order valence-electron chi connectivity index (χ3n) is 2.66. The van der Waals surface area contributed by atoms with E-state index in [-0.39, 0.29) is 11.6 Å².